The number of imidazole rings is 1. The highest BCUT2D eigenvalue weighted by atomic mass is 15.3. The molecule has 0 fully saturated rings. The van der Waals surface area contributed by atoms with Crippen LogP contribution >= 0.6 is 0 Å². The first-order chi connectivity index (χ1) is 11.6. The van der Waals surface area contributed by atoms with Gasteiger partial charge in [0, 0.05) is 12.6 Å². The molecule has 0 saturated carbocycles. The molecule has 0 saturated heterocycles. The molecule has 0 aliphatic rings. The Kier molecular flexibility index (Phi) is 3.95. The molecule has 7 heteroatoms. The van der Waals surface area contributed by atoms with E-state index in [1.165, 1.54) is 0 Å². The summed E-state index contributed by atoms with van der Waals surface area (Å²) in [4.78, 5) is 4.67. The summed E-state index contributed by atoms with van der Waals surface area (Å²) in [5.74, 6) is 0.489. The second kappa shape index (κ2) is 6.22. The van der Waals surface area contributed by atoms with Crippen LogP contribution in [-0.4, -0.2) is 21.1 Å². The van der Waals surface area contributed by atoms with Gasteiger partial charge in [-0.15, -0.1) is 0 Å². The number of benzene rings is 2. The summed E-state index contributed by atoms with van der Waals surface area (Å²) >= 11 is 0. The third kappa shape index (κ3) is 2.80. The predicted molar refractivity (Wildman–Crippen MR) is 94.7 cm³/mol. The van der Waals surface area contributed by atoms with Crippen molar-refractivity contribution >= 4 is 28.3 Å². The van der Waals surface area contributed by atoms with E-state index in [1.807, 2.05) is 60.1 Å². The third-order valence-corrected chi connectivity index (χ3v) is 3.57. The summed E-state index contributed by atoms with van der Waals surface area (Å²) in [6.07, 6.45) is 0. The van der Waals surface area contributed by atoms with Crippen molar-refractivity contribution in [3.8, 4) is 17.5 Å². The standard InChI is InChI=1S/C17H15N7/c1-24-15-8-7-12(22-23-14(10-18)16(19)20)9-13(15)21-17(24)11-5-3-2-4-6-11/h2-9,22H,1H3,(H3,19,20)/b23-14+. The van der Waals surface area contributed by atoms with Crippen molar-refractivity contribution in [3.63, 3.8) is 0 Å². The van der Waals surface area contributed by atoms with Crippen LogP contribution in [0, 0.1) is 16.7 Å². The number of aromatic nitrogens is 2. The highest BCUT2D eigenvalue weighted by Crippen LogP contribution is 2.25. The van der Waals surface area contributed by atoms with Crippen molar-refractivity contribution < 1.29 is 0 Å². The molecule has 0 bridgehead atoms. The van der Waals surface area contributed by atoms with Crippen LogP contribution in [0.1, 0.15) is 0 Å². The molecule has 3 aromatic rings. The largest absolute Gasteiger partial charge is 0.382 e. The zero-order valence-electron chi connectivity index (χ0n) is 13.0. The van der Waals surface area contributed by atoms with E-state index in [2.05, 4.69) is 15.5 Å². The number of nitrogens with two attached hydrogens (primary N) is 1. The Morgan fingerprint density at radius 3 is 2.71 bits per heavy atom. The molecule has 1 aromatic heterocycles. The van der Waals surface area contributed by atoms with E-state index in [9.17, 15) is 0 Å². The number of hydrazone groups is 1. The van der Waals surface area contributed by atoms with Crippen LogP contribution in [0.25, 0.3) is 22.4 Å². The summed E-state index contributed by atoms with van der Waals surface area (Å²) in [6, 6.07) is 17.3. The number of fused-ring (bicyclic) bond motifs is 1. The molecule has 0 aliphatic heterocycles. The summed E-state index contributed by atoms with van der Waals surface area (Å²) < 4.78 is 2.02. The van der Waals surface area contributed by atoms with Crippen LogP contribution in [0.2, 0.25) is 0 Å². The Balaban J connectivity index is 1.98. The van der Waals surface area contributed by atoms with Gasteiger partial charge in [0.25, 0.3) is 0 Å². The first-order valence-corrected chi connectivity index (χ1v) is 7.20. The van der Waals surface area contributed by atoms with Crippen LogP contribution in [0.5, 0.6) is 0 Å². The number of anilines is 1. The Hall–Kier alpha value is -3.66. The SMILES string of the molecule is Cn1c(-c2ccccc2)nc2cc(N/N=C(\C#N)C(=N)N)ccc21. The second-order valence-electron chi connectivity index (χ2n) is 5.16. The number of hydrogen-bond acceptors (Lipinski definition) is 5. The van der Waals surface area contributed by atoms with E-state index in [0.29, 0.717) is 5.69 Å². The van der Waals surface area contributed by atoms with Crippen LogP contribution in [-0.2, 0) is 7.05 Å². The smallest absolute Gasteiger partial charge is 0.201 e. The average molecular weight is 317 g/mol. The van der Waals surface area contributed by atoms with Crippen molar-refractivity contribution in [3.05, 3.63) is 48.5 Å². The molecule has 0 atom stereocenters. The zero-order chi connectivity index (χ0) is 17.1. The zero-order valence-corrected chi connectivity index (χ0v) is 13.0. The fraction of sp³-hybridized carbons (Fsp3) is 0.0588. The molecule has 3 rings (SSSR count). The lowest BCUT2D eigenvalue weighted by Crippen LogP contribution is -2.21. The highest BCUT2D eigenvalue weighted by Gasteiger charge is 2.10. The van der Waals surface area contributed by atoms with Crippen LogP contribution < -0.4 is 11.2 Å². The molecule has 0 unspecified atom stereocenters. The first-order valence-electron chi connectivity index (χ1n) is 7.20. The van der Waals surface area contributed by atoms with E-state index >= 15 is 0 Å². The van der Waals surface area contributed by atoms with E-state index in [-0.39, 0.29) is 11.5 Å². The maximum Gasteiger partial charge on any atom is 0.201 e. The maximum absolute atomic E-state index is 8.85. The van der Waals surface area contributed by atoms with Gasteiger partial charge in [-0.2, -0.15) is 10.4 Å². The molecule has 0 amide bonds. The van der Waals surface area contributed by atoms with Gasteiger partial charge in [0.2, 0.25) is 5.71 Å². The fourth-order valence-electron chi connectivity index (χ4n) is 2.38. The maximum atomic E-state index is 8.85. The normalized spacial score (nSPS) is 11.2. The van der Waals surface area contributed by atoms with Crippen molar-refractivity contribution in [1.29, 1.82) is 10.7 Å². The van der Waals surface area contributed by atoms with E-state index < -0.39 is 0 Å². The Morgan fingerprint density at radius 2 is 2.04 bits per heavy atom. The summed E-state index contributed by atoms with van der Waals surface area (Å²) in [7, 11) is 1.96. The Bertz CT molecular complexity index is 977. The molecule has 0 aliphatic carbocycles. The van der Waals surface area contributed by atoms with E-state index in [4.69, 9.17) is 16.4 Å². The number of rotatable bonds is 4. The minimum absolute atomic E-state index is 0.166. The van der Waals surface area contributed by atoms with Crippen LogP contribution in [0.3, 0.4) is 0 Å². The molecule has 118 valence electrons. The van der Waals surface area contributed by atoms with Gasteiger partial charge >= 0.3 is 0 Å². The molecule has 7 nitrogen and oxygen atoms in total. The fourth-order valence-corrected chi connectivity index (χ4v) is 2.38. The molecule has 4 N–H and O–H groups in total. The molecule has 1 heterocycles. The van der Waals surface area contributed by atoms with E-state index in [0.717, 1.165) is 22.4 Å². The molecule has 0 radical (unpaired) electrons. The van der Waals surface area contributed by atoms with Crippen molar-refractivity contribution in [2.24, 2.45) is 17.9 Å². The second-order valence-corrected chi connectivity index (χ2v) is 5.16. The van der Waals surface area contributed by atoms with Crippen molar-refractivity contribution in [1.82, 2.24) is 9.55 Å². The number of hydrogen-bond donors (Lipinski definition) is 3. The lowest BCUT2D eigenvalue weighted by Gasteiger charge is -2.03. The average Bonchev–Trinajstić information content (AvgIpc) is 2.92. The molecule has 0 spiro atoms. The highest BCUT2D eigenvalue weighted by molar-refractivity contribution is 6.45. The molecular formula is C17H15N7. The lowest BCUT2D eigenvalue weighted by atomic mass is 10.2. The topological polar surface area (TPSA) is 116 Å². The molecule has 24 heavy (non-hydrogen) atoms. The summed E-state index contributed by atoms with van der Waals surface area (Å²) in [5, 5.41) is 19.9. The van der Waals surface area contributed by atoms with Gasteiger partial charge in [0.1, 0.15) is 11.9 Å². The number of aryl methyl sites for hydroxylation is 1. The lowest BCUT2D eigenvalue weighted by molar-refractivity contribution is 0.959. The quantitative estimate of drug-likeness (QED) is 0.389. The van der Waals surface area contributed by atoms with Crippen LogP contribution in [0.15, 0.2) is 53.6 Å². The Labute approximate surface area is 138 Å². The minimum atomic E-state index is -0.379. The number of nitrogens with zero attached hydrogens (tertiary/aromatic N) is 4. The van der Waals surface area contributed by atoms with Crippen LogP contribution in [0.4, 0.5) is 5.69 Å². The molecule has 2 aromatic carbocycles. The Morgan fingerprint density at radius 1 is 1.29 bits per heavy atom. The first kappa shape index (κ1) is 15.2. The van der Waals surface area contributed by atoms with Gasteiger partial charge in [-0.05, 0) is 18.2 Å². The molecular weight excluding hydrogens is 302 g/mol. The third-order valence-electron chi connectivity index (χ3n) is 3.57. The van der Waals surface area contributed by atoms with Gasteiger partial charge in [0.05, 0.1) is 16.7 Å². The van der Waals surface area contributed by atoms with Gasteiger partial charge in [-0.1, -0.05) is 30.3 Å². The minimum Gasteiger partial charge on any atom is -0.382 e. The van der Waals surface area contributed by atoms with Crippen molar-refractivity contribution in [2.75, 3.05) is 5.43 Å². The summed E-state index contributed by atoms with van der Waals surface area (Å²) in [6.45, 7) is 0. The van der Waals surface area contributed by atoms with Gasteiger partial charge in [0.15, 0.2) is 5.84 Å². The van der Waals surface area contributed by atoms with E-state index in [1.54, 1.807) is 6.07 Å². The van der Waals surface area contributed by atoms with Gasteiger partial charge < -0.3 is 10.3 Å². The monoisotopic (exact) mass is 317 g/mol. The van der Waals surface area contributed by atoms with Gasteiger partial charge in [-0.3, -0.25) is 10.8 Å². The number of nitrogens with one attached hydrogen (secondary N) is 2. The number of nitriles is 1. The number of amidine groups is 1. The van der Waals surface area contributed by atoms with Gasteiger partial charge in [-0.25, -0.2) is 4.98 Å². The summed E-state index contributed by atoms with van der Waals surface area (Å²) in [5.41, 5.74) is 11.3. The predicted octanol–water partition coefficient (Wildman–Crippen LogP) is 2.47. The van der Waals surface area contributed by atoms with Crippen molar-refractivity contribution in [2.45, 2.75) is 0 Å².